The van der Waals surface area contributed by atoms with Gasteiger partial charge in [-0.3, -0.25) is 4.79 Å². The Morgan fingerprint density at radius 2 is 1.67 bits per heavy atom. The highest BCUT2D eigenvalue weighted by Crippen LogP contribution is 2.22. The van der Waals surface area contributed by atoms with Crippen LogP contribution in [0.5, 0.6) is 0 Å². The molecule has 0 atom stereocenters. The Morgan fingerprint density at radius 1 is 1.00 bits per heavy atom. The molecule has 0 radical (unpaired) electrons. The number of nitrogens with zero attached hydrogens (tertiary/aromatic N) is 1. The van der Waals surface area contributed by atoms with Crippen LogP contribution in [-0.4, -0.2) is 37.0 Å². The van der Waals surface area contributed by atoms with E-state index in [0.29, 0.717) is 32.5 Å². The SMILES string of the molecule is COCc1ccccc1NC(=O)C1CCN(C(=O)Nc2ccccc2)CC1. The number of nitrogens with one attached hydrogen (secondary N) is 2. The summed E-state index contributed by atoms with van der Waals surface area (Å²) in [7, 11) is 1.63. The monoisotopic (exact) mass is 367 g/mol. The zero-order valence-electron chi connectivity index (χ0n) is 15.5. The van der Waals surface area contributed by atoms with Crippen LogP contribution in [0, 0.1) is 5.92 Å². The number of carbonyl (C=O) groups excluding carboxylic acids is 2. The van der Waals surface area contributed by atoms with Crippen molar-refractivity contribution in [3.8, 4) is 0 Å². The molecule has 6 heteroatoms. The lowest BCUT2D eigenvalue weighted by Gasteiger charge is -2.31. The lowest BCUT2D eigenvalue weighted by Crippen LogP contribution is -2.43. The third kappa shape index (κ3) is 5.08. The van der Waals surface area contributed by atoms with E-state index in [1.807, 2.05) is 54.6 Å². The molecule has 1 fully saturated rings. The van der Waals surface area contributed by atoms with Gasteiger partial charge in [-0.2, -0.15) is 0 Å². The maximum atomic E-state index is 12.6. The van der Waals surface area contributed by atoms with Crippen molar-refractivity contribution >= 4 is 23.3 Å². The van der Waals surface area contributed by atoms with Gasteiger partial charge in [-0.15, -0.1) is 0 Å². The number of carbonyl (C=O) groups is 2. The molecule has 1 aliphatic rings. The number of ether oxygens (including phenoxy) is 1. The van der Waals surface area contributed by atoms with E-state index >= 15 is 0 Å². The summed E-state index contributed by atoms with van der Waals surface area (Å²) in [4.78, 5) is 26.7. The lowest BCUT2D eigenvalue weighted by atomic mass is 9.96. The van der Waals surface area contributed by atoms with E-state index in [9.17, 15) is 9.59 Å². The second-order valence-electron chi connectivity index (χ2n) is 6.64. The van der Waals surface area contributed by atoms with Crippen LogP contribution in [0.2, 0.25) is 0 Å². The van der Waals surface area contributed by atoms with Crippen LogP contribution >= 0.6 is 0 Å². The van der Waals surface area contributed by atoms with Crippen molar-refractivity contribution in [2.24, 2.45) is 5.92 Å². The van der Waals surface area contributed by atoms with E-state index in [1.54, 1.807) is 12.0 Å². The van der Waals surface area contributed by atoms with Gasteiger partial charge >= 0.3 is 6.03 Å². The third-order valence-corrected chi connectivity index (χ3v) is 4.75. The van der Waals surface area contributed by atoms with Gasteiger partial charge in [0, 0.05) is 43.1 Å². The standard InChI is InChI=1S/C21H25N3O3/c1-27-15-17-7-5-6-10-19(17)23-20(25)16-11-13-24(14-12-16)21(26)22-18-8-3-2-4-9-18/h2-10,16H,11-15H2,1H3,(H,22,26)(H,23,25). The number of piperidine rings is 1. The largest absolute Gasteiger partial charge is 0.380 e. The van der Waals surface area contributed by atoms with E-state index in [-0.39, 0.29) is 17.9 Å². The minimum Gasteiger partial charge on any atom is -0.380 e. The van der Waals surface area contributed by atoms with E-state index < -0.39 is 0 Å². The fourth-order valence-corrected chi connectivity index (χ4v) is 3.23. The second-order valence-corrected chi connectivity index (χ2v) is 6.64. The van der Waals surface area contributed by atoms with E-state index in [4.69, 9.17) is 4.74 Å². The smallest absolute Gasteiger partial charge is 0.321 e. The topological polar surface area (TPSA) is 70.7 Å². The van der Waals surface area contributed by atoms with Crippen molar-refractivity contribution in [3.05, 3.63) is 60.2 Å². The molecule has 3 amide bonds. The van der Waals surface area contributed by atoms with Gasteiger partial charge in [-0.25, -0.2) is 4.79 Å². The van der Waals surface area contributed by atoms with Crippen LogP contribution in [0.4, 0.5) is 16.2 Å². The fourth-order valence-electron chi connectivity index (χ4n) is 3.23. The molecule has 142 valence electrons. The molecule has 6 nitrogen and oxygen atoms in total. The number of benzene rings is 2. The number of methoxy groups -OCH3 is 1. The number of urea groups is 1. The molecule has 2 N–H and O–H groups in total. The molecular formula is C21H25N3O3. The van der Waals surface area contributed by atoms with Crippen molar-refractivity contribution in [2.75, 3.05) is 30.8 Å². The van der Waals surface area contributed by atoms with Gasteiger partial charge in [0.2, 0.25) is 5.91 Å². The third-order valence-electron chi connectivity index (χ3n) is 4.75. The summed E-state index contributed by atoms with van der Waals surface area (Å²) in [6, 6.07) is 16.9. The Hall–Kier alpha value is -2.86. The molecular weight excluding hydrogens is 342 g/mol. The highest BCUT2D eigenvalue weighted by atomic mass is 16.5. The van der Waals surface area contributed by atoms with Crippen LogP contribution in [0.3, 0.4) is 0 Å². The molecule has 1 saturated heterocycles. The van der Waals surface area contributed by atoms with Crippen molar-refractivity contribution in [3.63, 3.8) is 0 Å². The fraction of sp³-hybridized carbons (Fsp3) is 0.333. The number of amides is 3. The number of likely N-dealkylation sites (tertiary alicyclic amines) is 1. The Bertz CT molecular complexity index is 771. The number of anilines is 2. The Kier molecular flexibility index (Phi) is 6.44. The van der Waals surface area contributed by atoms with Crippen molar-refractivity contribution in [2.45, 2.75) is 19.4 Å². The average Bonchev–Trinajstić information content (AvgIpc) is 2.70. The predicted molar refractivity (Wildman–Crippen MR) is 106 cm³/mol. The average molecular weight is 367 g/mol. The summed E-state index contributed by atoms with van der Waals surface area (Å²) < 4.78 is 5.18. The Balaban J connectivity index is 1.51. The second kappa shape index (κ2) is 9.19. The van der Waals surface area contributed by atoms with Crippen LogP contribution in [0.1, 0.15) is 18.4 Å². The maximum absolute atomic E-state index is 12.6. The first kappa shape index (κ1) is 18.9. The molecule has 2 aromatic rings. The van der Waals surface area contributed by atoms with Gasteiger partial charge in [0.15, 0.2) is 0 Å². The zero-order chi connectivity index (χ0) is 19.1. The van der Waals surface area contributed by atoms with Crippen molar-refractivity contribution in [1.82, 2.24) is 4.90 Å². The van der Waals surface area contributed by atoms with E-state index in [1.165, 1.54) is 0 Å². The summed E-state index contributed by atoms with van der Waals surface area (Å²) >= 11 is 0. The molecule has 0 aromatic heterocycles. The van der Waals surface area contributed by atoms with E-state index in [2.05, 4.69) is 10.6 Å². The van der Waals surface area contributed by atoms with E-state index in [0.717, 1.165) is 16.9 Å². The maximum Gasteiger partial charge on any atom is 0.321 e. The Morgan fingerprint density at radius 3 is 2.37 bits per heavy atom. The number of hydrogen-bond donors (Lipinski definition) is 2. The zero-order valence-corrected chi connectivity index (χ0v) is 15.5. The molecule has 1 heterocycles. The van der Waals surface area contributed by atoms with Gasteiger partial charge in [-0.1, -0.05) is 36.4 Å². The summed E-state index contributed by atoms with van der Waals surface area (Å²) in [5, 5.41) is 5.90. The number of para-hydroxylation sites is 2. The minimum atomic E-state index is -0.120. The Labute approximate surface area is 159 Å². The van der Waals surface area contributed by atoms with Gasteiger partial charge in [0.25, 0.3) is 0 Å². The highest BCUT2D eigenvalue weighted by molar-refractivity contribution is 5.94. The normalized spacial score (nSPS) is 14.6. The highest BCUT2D eigenvalue weighted by Gasteiger charge is 2.27. The molecule has 2 aromatic carbocycles. The number of rotatable bonds is 5. The molecule has 0 bridgehead atoms. The van der Waals surface area contributed by atoms with Crippen LogP contribution < -0.4 is 10.6 Å². The summed E-state index contributed by atoms with van der Waals surface area (Å²) in [5.41, 5.74) is 2.51. The summed E-state index contributed by atoms with van der Waals surface area (Å²) in [6.45, 7) is 1.58. The van der Waals surface area contributed by atoms with Crippen LogP contribution in [0.15, 0.2) is 54.6 Å². The van der Waals surface area contributed by atoms with Crippen LogP contribution in [0.25, 0.3) is 0 Å². The molecule has 27 heavy (non-hydrogen) atoms. The van der Waals surface area contributed by atoms with Crippen molar-refractivity contribution < 1.29 is 14.3 Å². The summed E-state index contributed by atoms with van der Waals surface area (Å²) in [5.74, 6) is -0.0944. The molecule has 0 unspecified atom stereocenters. The van der Waals surface area contributed by atoms with Gasteiger partial charge in [0.1, 0.15) is 0 Å². The molecule has 1 aliphatic heterocycles. The summed E-state index contributed by atoms with van der Waals surface area (Å²) in [6.07, 6.45) is 1.31. The van der Waals surface area contributed by atoms with Gasteiger partial charge in [-0.05, 0) is 31.0 Å². The first-order valence-electron chi connectivity index (χ1n) is 9.16. The lowest BCUT2D eigenvalue weighted by molar-refractivity contribution is -0.121. The molecule has 3 rings (SSSR count). The molecule has 0 spiro atoms. The quantitative estimate of drug-likeness (QED) is 0.846. The number of hydrogen-bond acceptors (Lipinski definition) is 3. The van der Waals surface area contributed by atoms with Crippen LogP contribution in [-0.2, 0) is 16.1 Å². The molecule has 0 aliphatic carbocycles. The first-order chi connectivity index (χ1) is 13.2. The van der Waals surface area contributed by atoms with Gasteiger partial charge < -0.3 is 20.3 Å². The van der Waals surface area contributed by atoms with Crippen molar-refractivity contribution in [1.29, 1.82) is 0 Å². The molecule has 0 saturated carbocycles. The first-order valence-corrected chi connectivity index (χ1v) is 9.16. The minimum absolute atomic E-state index is 0.00155. The van der Waals surface area contributed by atoms with Gasteiger partial charge in [0.05, 0.1) is 6.61 Å². The predicted octanol–water partition coefficient (Wildman–Crippen LogP) is 3.72.